The summed E-state index contributed by atoms with van der Waals surface area (Å²) in [5.74, 6) is -0.312. The standard InChI is InChI=1S/C45H78O35/c1-10(2)33-20(55)21(56)34(12(4-47)68-33)75-41-28(63)23(58)36(14(6-49)70-41)77-43-30(65)25(60)38(16(8-51)72-43)79-45-32(67)26(61)39(17(9-52)74-45)80-44-31(66)24(59)37(15(7-50)73-44)78-42-29(64)22(57)35(13(5-48)71-42)76-40-27(62)19(54)18(53)11(3-46)69-40/h10-67H,3-9H2,1-2H3/t11?,12?,13?,14?,15?,16?,17?,18-,19-,20?,21+,22+,23+,24+,25+,26+,27?,28?,29?,30?,31?,32?,33-,34+,35+,36-,37-,38-,39-,40+,41+,42+,43+,44+,45+/m1/s1. The van der Waals surface area contributed by atoms with E-state index in [0.717, 1.165) is 0 Å². The molecular weight excluding hydrogens is 1100 g/mol. The molecule has 80 heavy (non-hydrogen) atoms. The second-order valence-electron chi connectivity index (χ2n) is 20.9. The van der Waals surface area contributed by atoms with Crippen molar-refractivity contribution in [1.29, 1.82) is 0 Å². The predicted molar refractivity (Wildman–Crippen MR) is 244 cm³/mol. The van der Waals surface area contributed by atoms with Crippen LogP contribution in [0.25, 0.3) is 0 Å². The van der Waals surface area contributed by atoms with Crippen LogP contribution in [-0.4, -0.2) is 373 Å². The fourth-order valence-corrected chi connectivity index (χ4v) is 10.6. The van der Waals surface area contributed by atoms with E-state index in [0.29, 0.717) is 0 Å². The van der Waals surface area contributed by atoms with Crippen LogP contribution in [-0.2, 0) is 61.6 Å². The van der Waals surface area contributed by atoms with Crippen molar-refractivity contribution in [3.63, 3.8) is 0 Å². The highest BCUT2D eigenvalue weighted by Gasteiger charge is 2.58. The molecule has 0 radical (unpaired) electrons. The Bertz CT molecular complexity index is 1860. The molecule has 7 aliphatic rings. The van der Waals surface area contributed by atoms with Gasteiger partial charge in [-0.1, -0.05) is 13.8 Å². The average Bonchev–Trinajstić information content (AvgIpc) is 3.44. The summed E-state index contributed by atoms with van der Waals surface area (Å²) in [4.78, 5) is 0. The molecule has 35 nitrogen and oxygen atoms in total. The van der Waals surface area contributed by atoms with Crippen LogP contribution >= 0.6 is 0 Å². The topological polar surface area (TPSA) is 565 Å². The Kier molecular flexibility index (Phi) is 23.5. The van der Waals surface area contributed by atoms with Crippen LogP contribution in [0.5, 0.6) is 0 Å². The van der Waals surface area contributed by atoms with Gasteiger partial charge in [0.15, 0.2) is 37.7 Å². The molecule has 7 heterocycles. The third kappa shape index (κ3) is 13.4. The van der Waals surface area contributed by atoms with Crippen molar-refractivity contribution in [2.24, 2.45) is 5.92 Å². The van der Waals surface area contributed by atoms with Gasteiger partial charge in [-0.15, -0.1) is 0 Å². The van der Waals surface area contributed by atoms with Gasteiger partial charge in [0.1, 0.15) is 171 Å². The van der Waals surface area contributed by atoms with Gasteiger partial charge in [0.25, 0.3) is 0 Å². The van der Waals surface area contributed by atoms with Gasteiger partial charge in [-0.3, -0.25) is 0 Å². The zero-order valence-electron chi connectivity index (χ0n) is 42.9. The summed E-state index contributed by atoms with van der Waals surface area (Å²) in [6, 6.07) is 0. The molecule has 7 saturated heterocycles. The average molecular weight is 1180 g/mol. The highest BCUT2D eigenvalue weighted by Crippen LogP contribution is 2.38. The number of aliphatic hydroxyl groups is 22. The summed E-state index contributed by atoms with van der Waals surface area (Å²) < 4.78 is 73.2. The minimum atomic E-state index is -2.22. The number of rotatable bonds is 20. The van der Waals surface area contributed by atoms with Gasteiger partial charge in [0, 0.05) is 0 Å². The molecule has 0 saturated carbocycles. The first-order chi connectivity index (χ1) is 37.9. The summed E-state index contributed by atoms with van der Waals surface area (Å²) in [5, 5.41) is 235. The lowest BCUT2D eigenvalue weighted by Gasteiger charge is -2.50. The fraction of sp³-hybridized carbons (Fsp3) is 1.00. The van der Waals surface area contributed by atoms with E-state index in [2.05, 4.69) is 0 Å². The molecule has 0 aliphatic carbocycles. The molecule has 22 N–H and O–H groups in total. The molecule has 35 atom stereocenters. The van der Waals surface area contributed by atoms with E-state index in [1.54, 1.807) is 13.8 Å². The molecule has 0 bridgehead atoms. The second kappa shape index (κ2) is 28.4. The van der Waals surface area contributed by atoms with Gasteiger partial charge in [-0.2, -0.15) is 0 Å². The maximum absolute atomic E-state index is 11.3. The second-order valence-corrected chi connectivity index (χ2v) is 20.9. The van der Waals surface area contributed by atoms with Gasteiger partial charge >= 0.3 is 0 Å². The Balaban J connectivity index is 0.946. The van der Waals surface area contributed by atoms with Gasteiger partial charge in [-0.05, 0) is 5.92 Å². The smallest absolute Gasteiger partial charge is 0.187 e. The molecule has 0 aromatic heterocycles. The van der Waals surface area contributed by atoms with E-state index >= 15 is 0 Å². The summed E-state index contributed by atoms with van der Waals surface area (Å²) in [5.41, 5.74) is 0. The molecule has 0 amide bonds. The largest absolute Gasteiger partial charge is 0.394 e. The molecule has 0 spiro atoms. The predicted octanol–water partition coefficient (Wildman–Crippen LogP) is -14.6. The van der Waals surface area contributed by atoms with Crippen LogP contribution in [0.1, 0.15) is 13.8 Å². The molecule has 7 fully saturated rings. The summed E-state index contributed by atoms with van der Waals surface area (Å²) in [7, 11) is 0. The van der Waals surface area contributed by atoms with Crippen molar-refractivity contribution in [2.45, 2.75) is 229 Å². The van der Waals surface area contributed by atoms with Crippen molar-refractivity contribution in [3.8, 4) is 0 Å². The third-order valence-electron chi connectivity index (χ3n) is 15.3. The highest BCUT2D eigenvalue weighted by atomic mass is 16.8. The molecule has 35 heteroatoms. The van der Waals surface area contributed by atoms with Crippen molar-refractivity contribution < 1.29 is 174 Å². The number of aliphatic hydroxyl groups excluding tert-OH is 22. The van der Waals surface area contributed by atoms with E-state index in [1.807, 2.05) is 0 Å². The monoisotopic (exact) mass is 1180 g/mol. The van der Waals surface area contributed by atoms with Crippen molar-refractivity contribution in [3.05, 3.63) is 0 Å². The normalized spacial score (nSPS) is 52.5. The zero-order chi connectivity index (χ0) is 58.9. The third-order valence-corrected chi connectivity index (χ3v) is 15.3. The van der Waals surface area contributed by atoms with E-state index < -0.39 is 261 Å². The first kappa shape index (κ1) is 66.1. The Labute approximate surface area is 454 Å². The van der Waals surface area contributed by atoms with Gasteiger partial charge < -0.3 is 174 Å². The first-order valence-electron chi connectivity index (χ1n) is 25.9. The highest BCUT2D eigenvalue weighted by molar-refractivity contribution is 5.01. The van der Waals surface area contributed by atoms with Crippen molar-refractivity contribution in [1.82, 2.24) is 0 Å². The lowest BCUT2D eigenvalue weighted by atomic mass is 9.89. The Hall–Kier alpha value is -1.40. The van der Waals surface area contributed by atoms with E-state index in [-0.39, 0.29) is 5.92 Å². The van der Waals surface area contributed by atoms with E-state index in [9.17, 15) is 112 Å². The van der Waals surface area contributed by atoms with Gasteiger partial charge in [0.05, 0.1) is 52.4 Å². The minimum absolute atomic E-state index is 0.312. The number of ether oxygens (including phenoxy) is 13. The number of hydrogen-bond acceptors (Lipinski definition) is 35. The lowest BCUT2D eigenvalue weighted by Crippen LogP contribution is -2.68. The molecular formula is C45H78O35. The fourth-order valence-electron chi connectivity index (χ4n) is 10.6. The minimum Gasteiger partial charge on any atom is -0.394 e. The van der Waals surface area contributed by atoms with Crippen LogP contribution in [0.3, 0.4) is 0 Å². The van der Waals surface area contributed by atoms with Crippen molar-refractivity contribution in [2.75, 3.05) is 46.2 Å². The molecule has 7 aliphatic heterocycles. The Morgan fingerprint density at radius 3 is 0.637 bits per heavy atom. The van der Waals surface area contributed by atoms with Crippen LogP contribution in [0, 0.1) is 5.92 Å². The first-order valence-corrected chi connectivity index (χ1v) is 25.9. The summed E-state index contributed by atoms with van der Waals surface area (Å²) in [6.45, 7) is -3.22. The Morgan fingerprint density at radius 1 is 0.237 bits per heavy atom. The maximum atomic E-state index is 11.3. The number of hydrogen-bond donors (Lipinski definition) is 22. The zero-order valence-corrected chi connectivity index (χ0v) is 42.9. The SMILES string of the molecule is CC(C)[C@H]1OC(CO)[C@H](O[C@@H]2OC(CO)[C@@H](O[C@@H]3OC(CO)[C@@H](O[C@@H]4OC(CO)[C@@H](O[C@@H]5OC(CO)[C@@H](O[C@@H]6OC(CO)[C@H](O[C@@H]7OC(CO)[C@@H](O)[C@@H](O)C7O)[C@@H](O)C6O)[C@@H](O)C5O)[C@@H](O)C4O)[C@@H](O)C3O)[C@@H](O)C2O)[C@@H](O)C1O. The van der Waals surface area contributed by atoms with Gasteiger partial charge in [-0.25, -0.2) is 0 Å². The Morgan fingerprint density at radius 2 is 0.425 bits per heavy atom. The molecule has 7 rings (SSSR count). The van der Waals surface area contributed by atoms with Crippen LogP contribution < -0.4 is 0 Å². The molecule has 0 aromatic carbocycles. The molecule has 0 aromatic rings. The molecule has 468 valence electrons. The quantitative estimate of drug-likeness (QED) is 0.0538. The van der Waals surface area contributed by atoms with E-state index in [1.165, 1.54) is 0 Å². The van der Waals surface area contributed by atoms with E-state index in [4.69, 9.17) is 61.6 Å². The van der Waals surface area contributed by atoms with Crippen molar-refractivity contribution >= 4 is 0 Å². The lowest BCUT2D eigenvalue weighted by molar-refractivity contribution is -0.397. The molecule has 14 unspecified atom stereocenters. The summed E-state index contributed by atoms with van der Waals surface area (Å²) >= 11 is 0. The van der Waals surface area contributed by atoms with Crippen LogP contribution in [0.4, 0.5) is 0 Å². The summed E-state index contributed by atoms with van der Waals surface area (Å²) in [6.07, 6.45) is -64.8. The van der Waals surface area contributed by atoms with Gasteiger partial charge in [0.2, 0.25) is 0 Å². The van der Waals surface area contributed by atoms with Crippen LogP contribution in [0.15, 0.2) is 0 Å². The van der Waals surface area contributed by atoms with Crippen LogP contribution in [0.2, 0.25) is 0 Å². The maximum Gasteiger partial charge on any atom is 0.187 e.